The zero-order valence-corrected chi connectivity index (χ0v) is 17.1. The summed E-state index contributed by atoms with van der Waals surface area (Å²) < 4.78 is 5.59. The van der Waals surface area contributed by atoms with Crippen molar-refractivity contribution >= 4 is 23.4 Å². The predicted octanol–water partition coefficient (Wildman–Crippen LogP) is 3.70. The lowest BCUT2D eigenvalue weighted by Crippen LogP contribution is -2.50. The molecule has 2 amide bonds. The Balaban J connectivity index is 2.04. The number of halogens is 1. The van der Waals surface area contributed by atoms with E-state index in [0.717, 1.165) is 12.0 Å². The number of nitrogens with zero attached hydrogens (tertiary/aromatic N) is 1. The van der Waals surface area contributed by atoms with Crippen molar-refractivity contribution in [1.29, 1.82) is 0 Å². The zero-order chi connectivity index (χ0) is 20.4. The summed E-state index contributed by atoms with van der Waals surface area (Å²) in [4.78, 5) is 26.8. The van der Waals surface area contributed by atoms with Crippen LogP contribution in [0, 0.1) is 0 Å². The molecule has 0 bridgehead atoms. The summed E-state index contributed by atoms with van der Waals surface area (Å²) >= 11 is 5.95. The Hall–Kier alpha value is -2.53. The summed E-state index contributed by atoms with van der Waals surface area (Å²) in [6.07, 6.45) is 1.50. The van der Waals surface area contributed by atoms with Crippen LogP contribution in [-0.2, 0) is 16.0 Å². The van der Waals surface area contributed by atoms with E-state index in [2.05, 4.69) is 5.32 Å². The van der Waals surface area contributed by atoms with Crippen LogP contribution in [0.5, 0.6) is 5.75 Å². The molecule has 0 saturated carbocycles. The molecule has 2 aromatic rings. The van der Waals surface area contributed by atoms with Gasteiger partial charge in [0.2, 0.25) is 5.91 Å². The summed E-state index contributed by atoms with van der Waals surface area (Å²) in [6.45, 7) is 4.60. The molecule has 0 aliphatic carbocycles. The second kappa shape index (κ2) is 11.3. The minimum absolute atomic E-state index is 0.152. The summed E-state index contributed by atoms with van der Waals surface area (Å²) in [5.74, 6) is 0.119. The molecule has 0 heterocycles. The first-order valence-corrected chi connectivity index (χ1v) is 9.88. The molecule has 0 aliphatic rings. The quantitative estimate of drug-likeness (QED) is 0.659. The van der Waals surface area contributed by atoms with Crippen LogP contribution in [0.2, 0.25) is 5.02 Å². The number of hydrogen-bond donors (Lipinski definition) is 1. The molecular formula is C22H27ClN2O3. The van der Waals surface area contributed by atoms with Gasteiger partial charge in [-0.15, -0.1) is 0 Å². The Labute approximate surface area is 171 Å². The Kier molecular flexibility index (Phi) is 8.82. The van der Waals surface area contributed by atoms with E-state index in [4.69, 9.17) is 16.3 Å². The van der Waals surface area contributed by atoms with E-state index in [1.165, 1.54) is 0 Å². The first kappa shape index (κ1) is 21.8. The van der Waals surface area contributed by atoms with Crippen LogP contribution in [0.25, 0.3) is 0 Å². The monoisotopic (exact) mass is 402 g/mol. The fourth-order valence-corrected chi connectivity index (χ4v) is 2.93. The number of carbonyl (C=O) groups excluding carboxylic acids is 2. The van der Waals surface area contributed by atoms with Gasteiger partial charge in [0.25, 0.3) is 5.91 Å². The third kappa shape index (κ3) is 6.89. The molecule has 150 valence electrons. The van der Waals surface area contributed by atoms with Gasteiger partial charge >= 0.3 is 0 Å². The van der Waals surface area contributed by atoms with Crippen molar-refractivity contribution in [2.24, 2.45) is 0 Å². The molecule has 1 N–H and O–H groups in total. The highest BCUT2D eigenvalue weighted by atomic mass is 35.5. The van der Waals surface area contributed by atoms with Crippen LogP contribution in [0.15, 0.2) is 54.6 Å². The topological polar surface area (TPSA) is 58.6 Å². The molecule has 2 aromatic carbocycles. The molecule has 0 fully saturated rings. The van der Waals surface area contributed by atoms with E-state index in [0.29, 0.717) is 30.3 Å². The van der Waals surface area contributed by atoms with E-state index in [1.807, 2.05) is 37.3 Å². The summed E-state index contributed by atoms with van der Waals surface area (Å²) in [5.41, 5.74) is 1.11. The first-order chi connectivity index (χ1) is 13.5. The number of ether oxygens (including phenoxy) is 1. The van der Waals surface area contributed by atoms with E-state index in [-0.39, 0.29) is 18.4 Å². The molecule has 0 saturated heterocycles. The largest absolute Gasteiger partial charge is 0.484 e. The van der Waals surface area contributed by atoms with Gasteiger partial charge in [0.05, 0.1) is 0 Å². The fourth-order valence-electron chi connectivity index (χ4n) is 2.75. The molecule has 28 heavy (non-hydrogen) atoms. The van der Waals surface area contributed by atoms with E-state index in [9.17, 15) is 9.59 Å². The minimum Gasteiger partial charge on any atom is -0.484 e. The third-order valence-corrected chi connectivity index (χ3v) is 4.59. The molecular weight excluding hydrogens is 376 g/mol. The lowest BCUT2D eigenvalue weighted by Gasteiger charge is -2.28. The first-order valence-electron chi connectivity index (χ1n) is 9.50. The maximum absolute atomic E-state index is 12.8. The molecule has 0 radical (unpaired) electrons. The Bertz CT molecular complexity index is 767. The number of hydrogen-bond acceptors (Lipinski definition) is 3. The fraction of sp³-hybridized carbons (Fsp3) is 0.364. The maximum Gasteiger partial charge on any atom is 0.261 e. The van der Waals surface area contributed by atoms with Crippen LogP contribution in [0.4, 0.5) is 0 Å². The average molecular weight is 403 g/mol. The number of amides is 2. The van der Waals surface area contributed by atoms with Gasteiger partial charge < -0.3 is 15.0 Å². The van der Waals surface area contributed by atoms with Gasteiger partial charge in [-0.1, -0.05) is 54.9 Å². The smallest absolute Gasteiger partial charge is 0.261 e. The summed E-state index contributed by atoms with van der Waals surface area (Å²) in [5, 5.41) is 3.40. The molecule has 0 spiro atoms. The summed E-state index contributed by atoms with van der Waals surface area (Å²) in [7, 11) is 0. The van der Waals surface area contributed by atoms with E-state index >= 15 is 0 Å². The molecule has 2 rings (SSSR count). The van der Waals surface area contributed by atoms with Crippen LogP contribution in [0.1, 0.15) is 25.8 Å². The normalized spacial score (nSPS) is 11.5. The van der Waals surface area contributed by atoms with Gasteiger partial charge in [0, 0.05) is 18.1 Å². The number of nitrogens with one attached hydrogen (secondary N) is 1. The molecule has 0 aromatic heterocycles. The summed E-state index contributed by atoms with van der Waals surface area (Å²) in [6, 6.07) is 16.2. The molecule has 5 nitrogen and oxygen atoms in total. The molecule has 0 aliphatic heterocycles. The van der Waals surface area contributed by atoms with Gasteiger partial charge in [-0.3, -0.25) is 9.59 Å². The van der Waals surface area contributed by atoms with Gasteiger partial charge in [0.15, 0.2) is 6.61 Å². The van der Waals surface area contributed by atoms with Crippen molar-refractivity contribution in [3.8, 4) is 5.75 Å². The van der Waals surface area contributed by atoms with Crippen molar-refractivity contribution in [2.45, 2.75) is 32.7 Å². The number of benzene rings is 2. The van der Waals surface area contributed by atoms with Crippen molar-refractivity contribution in [3.05, 3.63) is 65.2 Å². The van der Waals surface area contributed by atoms with Gasteiger partial charge in [-0.2, -0.15) is 0 Å². The van der Waals surface area contributed by atoms with Crippen molar-refractivity contribution in [1.82, 2.24) is 10.2 Å². The van der Waals surface area contributed by atoms with Crippen LogP contribution in [0.3, 0.4) is 0 Å². The van der Waals surface area contributed by atoms with E-state index in [1.54, 1.807) is 36.1 Å². The predicted molar refractivity (Wildman–Crippen MR) is 112 cm³/mol. The molecule has 6 heteroatoms. The maximum atomic E-state index is 12.8. The Morgan fingerprint density at radius 3 is 2.57 bits per heavy atom. The second-order valence-corrected chi connectivity index (χ2v) is 6.97. The second-order valence-electron chi connectivity index (χ2n) is 6.54. The van der Waals surface area contributed by atoms with Crippen molar-refractivity contribution in [2.75, 3.05) is 19.7 Å². The average Bonchev–Trinajstić information content (AvgIpc) is 2.71. The van der Waals surface area contributed by atoms with Crippen molar-refractivity contribution < 1.29 is 14.3 Å². The number of carbonyl (C=O) groups is 2. The number of rotatable bonds is 10. The SMILES string of the molecule is CCCNC(=O)[C@@H](C)N(CCc1ccccc1)C(=O)COc1cccc(Cl)c1. The minimum atomic E-state index is -0.578. The Morgan fingerprint density at radius 1 is 1.14 bits per heavy atom. The van der Waals surface area contributed by atoms with Crippen molar-refractivity contribution in [3.63, 3.8) is 0 Å². The van der Waals surface area contributed by atoms with Crippen LogP contribution >= 0.6 is 11.6 Å². The van der Waals surface area contributed by atoms with Crippen LogP contribution < -0.4 is 10.1 Å². The van der Waals surface area contributed by atoms with E-state index < -0.39 is 6.04 Å². The lowest BCUT2D eigenvalue weighted by molar-refractivity contribution is -0.141. The van der Waals surface area contributed by atoms with Gasteiger partial charge in [0.1, 0.15) is 11.8 Å². The lowest BCUT2D eigenvalue weighted by atomic mass is 10.1. The Morgan fingerprint density at radius 2 is 1.89 bits per heavy atom. The van der Waals surface area contributed by atoms with Gasteiger partial charge in [-0.05, 0) is 43.5 Å². The molecule has 0 unspecified atom stereocenters. The highest BCUT2D eigenvalue weighted by Gasteiger charge is 2.25. The van der Waals surface area contributed by atoms with Gasteiger partial charge in [-0.25, -0.2) is 0 Å². The highest BCUT2D eigenvalue weighted by molar-refractivity contribution is 6.30. The molecule has 1 atom stereocenters. The highest BCUT2D eigenvalue weighted by Crippen LogP contribution is 2.17. The third-order valence-electron chi connectivity index (χ3n) is 4.36. The standard InChI is InChI=1S/C22H27ClN2O3/c1-3-13-24-22(27)17(2)25(14-12-18-8-5-4-6-9-18)21(26)16-28-20-11-7-10-19(23)15-20/h4-11,15,17H,3,12-14,16H2,1-2H3,(H,24,27)/t17-/m1/s1. The zero-order valence-electron chi connectivity index (χ0n) is 16.4. The van der Waals surface area contributed by atoms with Crippen LogP contribution in [-0.4, -0.2) is 42.5 Å².